The van der Waals surface area contributed by atoms with Crippen LogP contribution >= 0.6 is 0 Å². The Balaban J connectivity index is 1.86. The lowest BCUT2D eigenvalue weighted by molar-refractivity contribution is -0.129. The summed E-state index contributed by atoms with van der Waals surface area (Å²) in [7, 11) is 0. The fourth-order valence-electron chi connectivity index (χ4n) is 2.17. The predicted molar refractivity (Wildman–Crippen MR) is 83.3 cm³/mol. The van der Waals surface area contributed by atoms with Gasteiger partial charge in [0.2, 0.25) is 5.91 Å². The second-order valence-electron chi connectivity index (χ2n) is 5.09. The number of carbonyl (C=O) groups excluding carboxylic acids is 2. The van der Waals surface area contributed by atoms with Crippen molar-refractivity contribution < 1.29 is 14.0 Å². The van der Waals surface area contributed by atoms with Gasteiger partial charge >= 0.3 is 0 Å². The second-order valence-corrected chi connectivity index (χ2v) is 5.09. The summed E-state index contributed by atoms with van der Waals surface area (Å²) in [6, 6.07) is 11.0. The summed E-state index contributed by atoms with van der Waals surface area (Å²) in [5.74, 6) is 0.543. The van der Waals surface area contributed by atoms with Crippen LogP contribution in [0, 0.1) is 6.92 Å². The van der Waals surface area contributed by atoms with Crippen LogP contribution in [0.2, 0.25) is 0 Å². The van der Waals surface area contributed by atoms with Crippen molar-refractivity contribution in [2.45, 2.75) is 20.4 Å². The molecule has 1 heterocycles. The van der Waals surface area contributed by atoms with Crippen molar-refractivity contribution in [2.75, 3.05) is 13.1 Å². The Morgan fingerprint density at radius 2 is 1.95 bits per heavy atom. The molecule has 0 saturated carbocycles. The summed E-state index contributed by atoms with van der Waals surface area (Å²) in [5.41, 5.74) is 1.59. The third-order valence-electron chi connectivity index (χ3n) is 3.43. The van der Waals surface area contributed by atoms with E-state index < -0.39 is 0 Å². The van der Waals surface area contributed by atoms with Crippen molar-refractivity contribution in [3.05, 3.63) is 59.5 Å². The molecule has 116 valence electrons. The highest BCUT2D eigenvalue weighted by Crippen LogP contribution is 2.07. The van der Waals surface area contributed by atoms with Crippen molar-refractivity contribution in [2.24, 2.45) is 0 Å². The van der Waals surface area contributed by atoms with Gasteiger partial charge in [0.25, 0.3) is 5.91 Å². The molecule has 1 N–H and O–H groups in total. The smallest absolute Gasteiger partial charge is 0.251 e. The monoisotopic (exact) mass is 300 g/mol. The molecule has 22 heavy (non-hydrogen) atoms. The molecule has 0 fully saturated rings. The number of amides is 2. The molecule has 0 unspecified atom stereocenters. The lowest BCUT2D eigenvalue weighted by Gasteiger charge is -2.20. The Morgan fingerprint density at radius 1 is 1.18 bits per heavy atom. The Bertz CT molecular complexity index is 635. The number of carbonyl (C=O) groups is 2. The van der Waals surface area contributed by atoms with Gasteiger partial charge in [0, 0.05) is 25.6 Å². The maximum atomic E-state index is 12.1. The lowest BCUT2D eigenvalue weighted by atomic mass is 10.1. The molecule has 0 radical (unpaired) electrons. The van der Waals surface area contributed by atoms with Crippen molar-refractivity contribution in [3.8, 4) is 0 Å². The van der Waals surface area contributed by atoms with Crippen LogP contribution in [0.1, 0.15) is 28.6 Å². The number of furan rings is 1. The number of rotatable bonds is 6. The Labute approximate surface area is 129 Å². The minimum Gasteiger partial charge on any atom is -0.467 e. The van der Waals surface area contributed by atoms with Gasteiger partial charge in [-0.25, -0.2) is 0 Å². The zero-order valence-corrected chi connectivity index (χ0v) is 12.8. The summed E-state index contributed by atoms with van der Waals surface area (Å²) in [5, 5.41) is 2.84. The number of nitrogens with one attached hydrogen (secondary N) is 1. The summed E-state index contributed by atoms with van der Waals surface area (Å²) in [6.07, 6.45) is 1.58. The van der Waals surface area contributed by atoms with Gasteiger partial charge in [0.1, 0.15) is 5.76 Å². The Kier molecular flexibility index (Phi) is 5.36. The number of benzene rings is 1. The van der Waals surface area contributed by atoms with E-state index >= 15 is 0 Å². The average Bonchev–Trinajstić information content (AvgIpc) is 2.99. The molecule has 0 atom stereocenters. The van der Waals surface area contributed by atoms with E-state index in [1.165, 1.54) is 6.92 Å². The van der Waals surface area contributed by atoms with Gasteiger partial charge < -0.3 is 14.6 Å². The molecule has 5 nitrogen and oxygen atoms in total. The van der Waals surface area contributed by atoms with Crippen LogP contribution in [-0.4, -0.2) is 29.8 Å². The first-order valence-electron chi connectivity index (χ1n) is 7.19. The van der Waals surface area contributed by atoms with Gasteiger partial charge in [-0.05, 0) is 30.7 Å². The van der Waals surface area contributed by atoms with Crippen LogP contribution in [0.25, 0.3) is 0 Å². The van der Waals surface area contributed by atoms with E-state index in [0.29, 0.717) is 25.2 Å². The van der Waals surface area contributed by atoms with E-state index in [-0.39, 0.29) is 11.8 Å². The van der Waals surface area contributed by atoms with E-state index in [1.807, 2.05) is 31.2 Å². The van der Waals surface area contributed by atoms with Gasteiger partial charge in [-0.2, -0.15) is 0 Å². The SMILES string of the molecule is CC(=O)N(CCNC(=O)c1ccccc1C)Cc1ccco1. The molecule has 2 aromatic rings. The molecular formula is C17H20N2O3. The topological polar surface area (TPSA) is 62.6 Å². The maximum Gasteiger partial charge on any atom is 0.251 e. The van der Waals surface area contributed by atoms with Crippen molar-refractivity contribution in [3.63, 3.8) is 0 Å². The fourth-order valence-corrected chi connectivity index (χ4v) is 2.17. The van der Waals surface area contributed by atoms with Crippen LogP contribution in [0.15, 0.2) is 47.1 Å². The van der Waals surface area contributed by atoms with Crippen LogP contribution in [-0.2, 0) is 11.3 Å². The lowest BCUT2D eigenvalue weighted by Crippen LogP contribution is -2.37. The number of nitrogens with zero attached hydrogens (tertiary/aromatic N) is 1. The maximum absolute atomic E-state index is 12.1. The van der Waals surface area contributed by atoms with Crippen LogP contribution in [0.5, 0.6) is 0 Å². The van der Waals surface area contributed by atoms with Gasteiger partial charge in [0.05, 0.1) is 12.8 Å². The van der Waals surface area contributed by atoms with E-state index in [4.69, 9.17) is 4.42 Å². The van der Waals surface area contributed by atoms with Gasteiger partial charge in [-0.3, -0.25) is 9.59 Å². The molecule has 0 aliphatic rings. The quantitative estimate of drug-likeness (QED) is 0.891. The highest BCUT2D eigenvalue weighted by atomic mass is 16.3. The van der Waals surface area contributed by atoms with E-state index in [0.717, 1.165) is 11.3 Å². The molecule has 0 bridgehead atoms. The molecule has 5 heteroatoms. The molecule has 0 aliphatic heterocycles. The molecular weight excluding hydrogens is 280 g/mol. The van der Waals surface area contributed by atoms with Crippen molar-refractivity contribution >= 4 is 11.8 Å². The molecule has 2 amide bonds. The first kappa shape index (κ1) is 15.8. The minimum absolute atomic E-state index is 0.0541. The zero-order valence-electron chi connectivity index (χ0n) is 12.8. The Hall–Kier alpha value is -2.56. The fraction of sp³-hybridized carbons (Fsp3) is 0.294. The van der Waals surface area contributed by atoms with E-state index in [1.54, 1.807) is 23.3 Å². The number of aryl methyl sites for hydroxylation is 1. The molecule has 1 aromatic carbocycles. The zero-order chi connectivity index (χ0) is 15.9. The largest absolute Gasteiger partial charge is 0.467 e. The van der Waals surface area contributed by atoms with Gasteiger partial charge in [0.15, 0.2) is 0 Å². The van der Waals surface area contributed by atoms with Crippen molar-refractivity contribution in [1.29, 1.82) is 0 Å². The molecule has 2 rings (SSSR count). The third-order valence-corrected chi connectivity index (χ3v) is 3.43. The highest BCUT2D eigenvalue weighted by Gasteiger charge is 2.12. The molecule has 0 saturated heterocycles. The first-order chi connectivity index (χ1) is 10.6. The molecule has 0 aliphatic carbocycles. The molecule has 1 aromatic heterocycles. The van der Waals surface area contributed by atoms with Gasteiger partial charge in [-0.15, -0.1) is 0 Å². The molecule has 0 spiro atoms. The predicted octanol–water partition coefficient (Wildman–Crippen LogP) is 2.37. The normalized spacial score (nSPS) is 10.3. The highest BCUT2D eigenvalue weighted by molar-refractivity contribution is 5.95. The van der Waals surface area contributed by atoms with E-state index in [9.17, 15) is 9.59 Å². The summed E-state index contributed by atoms with van der Waals surface area (Å²) in [6.45, 7) is 4.64. The van der Waals surface area contributed by atoms with Crippen LogP contribution < -0.4 is 5.32 Å². The average molecular weight is 300 g/mol. The van der Waals surface area contributed by atoms with Crippen molar-refractivity contribution in [1.82, 2.24) is 10.2 Å². The van der Waals surface area contributed by atoms with Crippen LogP contribution in [0.4, 0.5) is 0 Å². The first-order valence-corrected chi connectivity index (χ1v) is 7.19. The summed E-state index contributed by atoms with van der Waals surface area (Å²) < 4.78 is 5.25. The van der Waals surface area contributed by atoms with E-state index in [2.05, 4.69) is 5.32 Å². The minimum atomic E-state index is -0.125. The number of hydrogen-bond acceptors (Lipinski definition) is 3. The summed E-state index contributed by atoms with van der Waals surface area (Å²) in [4.78, 5) is 25.4. The third kappa shape index (κ3) is 4.22. The standard InChI is InChI=1S/C17H20N2O3/c1-13-6-3-4-8-16(13)17(21)18-9-10-19(14(2)20)12-15-7-5-11-22-15/h3-8,11H,9-10,12H2,1-2H3,(H,18,21). The second kappa shape index (κ2) is 7.45. The van der Waals surface area contributed by atoms with Gasteiger partial charge in [-0.1, -0.05) is 18.2 Å². The number of hydrogen-bond donors (Lipinski definition) is 1. The summed E-state index contributed by atoms with van der Waals surface area (Å²) >= 11 is 0. The van der Waals surface area contributed by atoms with Crippen LogP contribution in [0.3, 0.4) is 0 Å². The Morgan fingerprint density at radius 3 is 2.59 bits per heavy atom.